The van der Waals surface area contributed by atoms with E-state index in [9.17, 15) is 4.79 Å². The number of amides is 2. The molecule has 0 aliphatic carbocycles. The molecule has 128 valence electrons. The minimum Gasteiger partial charge on any atom is -0.493 e. The minimum atomic E-state index is -0.140. The van der Waals surface area contributed by atoms with Crippen LogP contribution < -0.4 is 15.4 Å². The van der Waals surface area contributed by atoms with Crippen molar-refractivity contribution in [2.75, 3.05) is 13.2 Å². The lowest BCUT2D eigenvalue weighted by molar-refractivity contribution is 0.230. The number of rotatable bonds is 6. The van der Waals surface area contributed by atoms with Crippen molar-refractivity contribution in [2.45, 2.75) is 32.4 Å². The van der Waals surface area contributed by atoms with E-state index in [1.54, 1.807) is 6.20 Å². The molecule has 2 N–H and O–H groups in total. The molecular weight excluding hydrogens is 304 g/mol. The third kappa shape index (κ3) is 3.88. The second-order valence-electron chi connectivity index (χ2n) is 6.43. The number of aromatic nitrogens is 2. The normalized spacial score (nSPS) is 18.3. The van der Waals surface area contributed by atoms with Crippen LogP contribution in [0.25, 0.3) is 0 Å². The molecular formula is C18H24N4O2. The van der Waals surface area contributed by atoms with Crippen molar-refractivity contribution in [3.63, 3.8) is 0 Å². The van der Waals surface area contributed by atoms with Crippen LogP contribution in [0, 0.1) is 5.92 Å². The average Bonchev–Trinajstić information content (AvgIpc) is 3.22. The average molecular weight is 328 g/mol. The van der Waals surface area contributed by atoms with Gasteiger partial charge in [0.05, 0.1) is 6.61 Å². The maximum Gasteiger partial charge on any atom is 0.315 e. The molecule has 1 aliphatic heterocycles. The van der Waals surface area contributed by atoms with Crippen LogP contribution in [-0.2, 0) is 6.54 Å². The maximum atomic E-state index is 12.1. The number of nitrogens with zero attached hydrogens (tertiary/aromatic N) is 2. The molecule has 6 heteroatoms. The summed E-state index contributed by atoms with van der Waals surface area (Å²) >= 11 is 0. The molecule has 2 aromatic rings. The Hall–Kier alpha value is -2.50. The van der Waals surface area contributed by atoms with Gasteiger partial charge in [-0.25, -0.2) is 4.79 Å². The lowest BCUT2D eigenvalue weighted by atomic mass is 9.94. The molecule has 0 radical (unpaired) electrons. The summed E-state index contributed by atoms with van der Waals surface area (Å²) in [5.74, 6) is 1.42. The van der Waals surface area contributed by atoms with Gasteiger partial charge in [-0.2, -0.15) is 5.10 Å². The number of hydrogen-bond acceptors (Lipinski definition) is 3. The summed E-state index contributed by atoms with van der Waals surface area (Å²) in [5.41, 5.74) is 1.16. The summed E-state index contributed by atoms with van der Waals surface area (Å²) in [6, 6.07) is 9.77. The summed E-state index contributed by atoms with van der Waals surface area (Å²) in [7, 11) is 0. The predicted octanol–water partition coefficient (Wildman–Crippen LogP) is 2.38. The molecule has 24 heavy (non-hydrogen) atoms. The molecule has 1 aliphatic rings. The van der Waals surface area contributed by atoms with Crippen molar-refractivity contribution in [2.24, 2.45) is 5.92 Å². The van der Waals surface area contributed by atoms with Gasteiger partial charge < -0.3 is 15.4 Å². The smallest absolute Gasteiger partial charge is 0.315 e. The second kappa shape index (κ2) is 7.38. The van der Waals surface area contributed by atoms with Crippen molar-refractivity contribution in [1.29, 1.82) is 0 Å². The molecule has 0 saturated carbocycles. The molecule has 0 unspecified atom stereocenters. The first-order valence-electron chi connectivity index (χ1n) is 8.37. The largest absolute Gasteiger partial charge is 0.493 e. The van der Waals surface area contributed by atoms with E-state index < -0.39 is 0 Å². The molecule has 0 saturated heterocycles. The summed E-state index contributed by atoms with van der Waals surface area (Å²) in [6.07, 6.45) is 3.69. The quantitative estimate of drug-likeness (QED) is 0.855. The summed E-state index contributed by atoms with van der Waals surface area (Å²) < 4.78 is 7.56. The zero-order valence-corrected chi connectivity index (χ0v) is 14.1. The molecule has 3 rings (SSSR count). The molecule has 1 aromatic heterocycles. The number of hydrogen-bond donors (Lipinski definition) is 2. The fourth-order valence-corrected chi connectivity index (χ4v) is 3.02. The molecule has 2 heterocycles. The minimum absolute atomic E-state index is 0.00933. The summed E-state index contributed by atoms with van der Waals surface area (Å²) in [5, 5.41) is 10.1. The monoisotopic (exact) mass is 328 g/mol. The van der Waals surface area contributed by atoms with Gasteiger partial charge in [-0.3, -0.25) is 4.68 Å². The third-order valence-electron chi connectivity index (χ3n) is 4.37. The van der Waals surface area contributed by atoms with Crippen LogP contribution in [0.3, 0.4) is 0 Å². The van der Waals surface area contributed by atoms with Gasteiger partial charge in [-0.05, 0) is 25.0 Å². The van der Waals surface area contributed by atoms with Crippen LogP contribution in [-0.4, -0.2) is 35.0 Å². The molecule has 2 amide bonds. The summed E-state index contributed by atoms with van der Waals surface area (Å²) in [6.45, 7) is 6.11. The number of para-hydroxylation sites is 1. The van der Waals surface area contributed by atoms with Crippen LogP contribution in [0.5, 0.6) is 5.75 Å². The Morgan fingerprint density at radius 3 is 3.00 bits per heavy atom. The molecule has 3 atom stereocenters. The highest BCUT2D eigenvalue weighted by Crippen LogP contribution is 2.35. The van der Waals surface area contributed by atoms with E-state index in [-0.39, 0.29) is 18.0 Å². The number of urea groups is 1. The number of carbonyl (C=O) groups is 1. The maximum absolute atomic E-state index is 12.1. The van der Waals surface area contributed by atoms with Crippen LogP contribution in [0.2, 0.25) is 0 Å². The second-order valence-corrected chi connectivity index (χ2v) is 6.43. The molecule has 6 nitrogen and oxygen atoms in total. The van der Waals surface area contributed by atoms with Crippen LogP contribution in [0.4, 0.5) is 4.79 Å². The first-order chi connectivity index (χ1) is 11.6. The van der Waals surface area contributed by atoms with Crippen LogP contribution in [0.15, 0.2) is 42.7 Å². The van der Waals surface area contributed by atoms with Crippen molar-refractivity contribution in [3.8, 4) is 5.75 Å². The van der Waals surface area contributed by atoms with Gasteiger partial charge in [-0.15, -0.1) is 0 Å². The summed E-state index contributed by atoms with van der Waals surface area (Å²) in [4.78, 5) is 12.1. The van der Waals surface area contributed by atoms with Crippen LogP contribution >= 0.6 is 0 Å². The van der Waals surface area contributed by atoms with Gasteiger partial charge >= 0.3 is 6.03 Å². The molecule has 0 spiro atoms. The van der Waals surface area contributed by atoms with Crippen molar-refractivity contribution in [3.05, 3.63) is 48.3 Å². The zero-order chi connectivity index (χ0) is 16.9. The first kappa shape index (κ1) is 16.4. The lowest BCUT2D eigenvalue weighted by Crippen LogP contribution is -2.45. The van der Waals surface area contributed by atoms with E-state index in [4.69, 9.17) is 4.74 Å². The van der Waals surface area contributed by atoms with E-state index in [1.165, 1.54) is 0 Å². The van der Waals surface area contributed by atoms with Gasteiger partial charge in [0, 0.05) is 43.0 Å². The Bertz CT molecular complexity index is 671. The van der Waals surface area contributed by atoms with Gasteiger partial charge in [0.1, 0.15) is 5.75 Å². The van der Waals surface area contributed by atoms with E-state index >= 15 is 0 Å². The zero-order valence-electron chi connectivity index (χ0n) is 14.1. The standard InChI is InChI=1S/C18H24N4O2/c1-13(11-22-9-5-8-20-22)10-19-18(23)21-14(2)16-12-24-17-7-4-3-6-15(16)17/h3-9,13-14,16H,10-12H2,1-2H3,(H2,19,21,23)/t13-,14+,16+/m1/s1. The molecule has 0 fully saturated rings. The van der Waals surface area contributed by atoms with E-state index in [2.05, 4.69) is 28.7 Å². The van der Waals surface area contributed by atoms with E-state index in [1.807, 2.05) is 42.1 Å². The van der Waals surface area contributed by atoms with Gasteiger partial charge in [-0.1, -0.05) is 25.1 Å². The fraction of sp³-hybridized carbons (Fsp3) is 0.444. The number of ether oxygens (including phenoxy) is 1. The van der Waals surface area contributed by atoms with Gasteiger partial charge in [0.25, 0.3) is 0 Å². The van der Waals surface area contributed by atoms with E-state index in [0.29, 0.717) is 19.1 Å². The Labute approximate surface area is 142 Å². The fourth-order valence-electron chi connectivity index (χ4n) is 3.02. The number of fused-ring (bicyclic) bond motifs is 1. The third-order valence-corrected chi connectivity index (χ3v) is 4.37. The van der Waals surface area contributed by atoms with Crippen molar-refractivity contribution >= 4 is 6.03 Å². The van der Waals surface area contributed by atoms with Gasteiger partial charge in [0.2, 0.25) is 0 Å². The van der Waals surface area contributed by atoms with Crippen molar-refractivity contribution < 1.29 is 9.53 Å². The van der Waals surface area contributed by atoms with Gasteiger partial charge in [0.15, 0.2) is 0 Å². The van der Waals surface area contributed by atoms with Crippen LogP contribution in [0.1, 0.15) is 25.3 Å². The highest BCUT2D eigenvalue weighted by atomic mass is 16.5. The molecule has 1 aromatic carbocycles. The Morgan fingerprint density at radius 2 is 2.21 bits per heavy atom. The topological polar surface area (TPSA) is 68.2 Å². The van der Waals surface area contributed by atoms with E-state index in [0.717, 1.165) is 17.9 Å². The number of benzene rings is 1. The first-order valence-corrected chi connectivity index (χ1v) is 8.37. The van der Waals surface area contributed by atoms with Crippen molar-refractivity contribution in [1.82, 2.24) is 20.4 Å². The SMILES string of the molecule is C[C@H](CNC(=O)N[C@@H](C)[C@@H]1COc2ccccc21)Cn1cccn1. The Balaban J connectivity index is 1.45. The lowest BCUT2D eigenvalue weighted by Gasteiger charge is -2.21. The highest BCUT2D eigenvalue weighted by molar-refractivity contribution is 5.74. The molecule has 0 bridgehead atoms. The highest BCUT2D eigenvalue weighted by Gasteiger charge is 2.29. The predicted molar refractivity (Wildman–Crippen MR) is 92.1 cm³/mol. The Kier molecular flexibility index (Phi) is 5.03. The number of carbonyl (C=O) groups excluding carboxylic acids is 1. The number of nitrogens with one attached hydrogen (secondary N) is 2. The Morgan fingerprint density at radius 1 is 1.38 bits per heavy atom.